The molecule has 5 atom stereocenters. The highest BCUT2D eigenvalue weighted by Gasteiger charge is 2.40. The van der Waals surface area contributed by atoms with Gasteiger partial charge in [-0.2, -0.15) is 0 Å². The van der Waals surface area contributed by atoms with Crippen molar-refractivity contribution < 1.29 is 56.3 Å². The van der Waals surface area contributed by atoms with Crippen molar-refractivity contribution in [1.29, 1.82) is 0 Å². The number of rotatable bonds is 24. The Hall–Kier alpha value is -3.36. The molecule has 0 rings (SSSR count). The van der Waals surface area contributed by atoms with Gasteiger partial charge in [-0.1, -0.05) is 39.0 Å². The zero-order chi connectivity index (χ0) is 37.2. The number of carbonyl (C=O) groups is 5. The first-order valence-electron chi connectivity index (χ1n) is 15.5. The Morgan fingerprint density at radius 1 is 0.833 bits per heavy atom. The molecule has 48 heavy (non-hydrogen) atoms. The van der Waals surface area contributed by atoms with Crippen molar-refractivity contribution in [2.45, 2.75) is 85.4 Å². The second kappa shape index (κ2) is 22.3. The summed E-state index contributed by atoms with van der Waals surface area (Å²) >= 11 is 0. The molecule has 0 heterocycles. The van der Waals surface area contributed by atoms with Crippen molar-refractivity contribution >= 4 is 37.5 Å². The lowest BCUT2D eigenvalue weighted by molar-refractivity contribution is -0.162. The number of esters is 2. The van der Waals surface area contributed by atoms with Gasteiger partial charge in [0, 0.05) is 32.9 Å². The van der Waals surface area contributed by atoms with Crippen molar-refractivity contribution in [2.24, 2.45) is 11.8 Å². The molecule has 0 aromatic rings. The molecule has 16 heteroatoms. The second-order valence-corrected chi connectivity index (χ2v) is 13.3. The van der Waals surface area contributed by atoms with E-state index in [0.29, 0.717) is 6.42 Å². The van der Waals surface area contributed by atoms with E-state index in [1.165, 1.54) is 26.1 Å². The predicted molar refractivity (Wildman–Crippen MR) is 179 cm³/mol. The Morgan fingerprint density at radius 2 is 1.40 bits per heavy atom. The van der Waals surface area contributed by atoms with Gasteiger partial charge in [-0.3, -0.25) is 37.6 Å². The molecule has 0 aromatic carbocycles. The molecule has 0 saturated carbocycles. The average molecular weight is 704 g/mol. The maximum Gasteiger partial charge on any atom is 0.475 e. The molecule has 0 aliphatic rings. The summed E-state index contributed by atoms with van der Waals surface area (Å²) in [7, 11) is -1.24. The van der Waals surface area contributed by atoms with E-state index < -0.39 is 69.4 Å². The van der Waals surface area contributed by atoms with Gasteiger partial charge in [-0.25, -0.2) is 9.36 Å². The monoisotopic (exact) mass is 703 g/mol. The fraction of sp³-hybridized carbons (Fsp3) is 0.656. The van der Waals surface area contributed by atoms with Gasteiger partial charge in [0.1, 0.15) is 24.7 Å². The van der Waals surface area contributed by atoms with Crippen molar-refractivity contribution in [1.82, 2.24) is 15.1 Å². The first-order chi connectivity index (χ1) is 22.3. The number of allylic oxidation sites excluding steroid dienone is 1. The molecule has 0 aliphatic carbocycles. The molecule has 0 fully saturated rings. The Labute approximate surface area is 284 Å². The number of carbonyl (C=O) groups excluding carboxylic acids is 5. The van der Waals surface area contributed by atoms with Gasteiger partial charge in [0.2, 0.25) is 12.2 Å². The maximum atomic E-state index is 13.6. The fourth-order valence-corrected chi connectivity index (χ4v) is 5.33. The van der Waals surface area contributed by atoms with Crippen LogP contribution in [-0.2, 0) is 51.5 Å². The van der Waals surface area contributed by atoms with E-state index in [4.69, 9.17) is 27.8 Å². The summed E-state index contributed by atoms with van der Waals surface area (Å²) in [4.78, 5) is 66.9. The minimum absolute atomic E-state index is 0.0591. The zero-order valence-corrected chi connectivity index (χ0v) is 30.6. The highest BCUT2D eigenvalue weighted by atomic mass is 31.2. The molecule has 2 unspecified atom stereocenters. The van der Waals surface area contributed by atoms with E-state index in [0.717, 1.165) is 11.8 Å². The summed E-state index contributed by atoms with van der Waals surface area (Å²) in [5.41, 5.74) is 0. The number of hydrogen-bond donors (Lipinski definition) is 1. The van der Waals surface area contributed by atoms with Crippen LogP contribution in [0.1, 0.15) is 54.9 Å². The third-order valence-corrected chi connectivity index (χ3v) is 8.23. The number of Topliss-reactive ketones (excluding diaryl/α,β-unsaturated/α-hetero) is 1. The van der Waals surface area contributed by atoms with Crippen LogP contribution in [0.15, 0.2) is 38.0 Å². The Morgan fingerprint density at radius 3 is 1.85 bits per heavy atom. The lowest BCUT2D eigenvalue weighted by atomic mass is 9.87. The smallest absolute Gasteiger partial charge is 0.459 e. The van der Waals surface area contributed by atoms with E-state index in [9.17, 15) is 28.5 Å². The number of phosphoric acid groups is 1. The first-order valence-corrected chi connectivity index (χ1v) is 17.0. The molecule has 0 saturated heterocycles. The zero-order valence-electron chi connectivity index (χ0n) is 29.7. The number of alkyl carbamates (subject to hydrolysis) is 1. The van der Waals surface area contributed by atoms with Gasteiger partial charge in [-0.15, -0.1) is 19.7 Å². The van der Waals surface area contributed by atoms with Crippen LogP contribution in [0.4, 0.5) is 4.79 Å². The fourth-order valence-electron chi connectivity index (χ4n) is 4.20. The van der Waals surface area contributed by atoms with Crippen LogP contribution in [0, 0.1) is 11.8 Å². The Balaban J connectivity index is 6.24. The number of nitrogens with zero attached hydrogens (tertiary/aromatic N) is 2. The highest BCUT2D eigenvalue weighted by Crippen LogP contribution is 2.49. The molecular weight excluding hydrogens is 649 g/mol. The van der Waals surface area contributed by atoms with E-state index in [1.807, 2.05) is 25.7 Å². The van der Waals surface area contributed by atoms with Crippen LogP contribution in [-0.4, -0.2) is 111 Å². The molecular formula is C32H54N3O12P. The Bertz CT molecular complexity index is 1150. The minimum atomic E-state index is -4.29. The van der Waals surface area contributed by atoms with Crippen molar-refractivity contribution in [3.8, 4) is 0 Å². The Kier molecular flexibility index (Phi) is 20.7. The lowest BCUT2D eigenvalue weighted by Crippen LogP contribution is -2.55. The summed E-state index contributed by atoms with van der Waals surface area (Å²) in [6, 6.07) is -2.44. The molecule has 0 radical (unpaired) electrons. The van der Waals surface area contributed by atoms with Crippen LogP contribution in [0.3, 0.4) is 0 Å². The predicted octanol–water partition coefficient (Wildman–Crippen LogP) is 4.04. The lowest BCUT2D eigenvalue weighted by Gasteiger charge is -2.39. The normalized spacial score (nSPS) is 14.7. The maximum absolute atomic E-state index is 13.6. The summed E-state index contributed by atoms with van der Waals surface area (Å²) in [5.74, 6) is -3.21. The average Bonchev–Trinajstić information content (AvgIpc) is 2.99. The van der Waals surface area contributed by atoms with Crippen LogP contribution < -0.4 is 5.32 Å². The number of hydrogen-bond acceptors (Lipinski definition) is 13. The van der Waals surface area contributed by atoms with Gasteiger partial charge >= 0.3 is 25.9 Å². The largest absolute Gasteiger partial charge is 0.475 e. The topological polar surface area (TPSA) is 176 Å². The number of nitrogens with one attached hydrogen (secondary N) is 1. The number of amides is 2. The molecule has 0 aliphatic heterocycles. The second-order valence-electron chi connectivity index (χ2n) is 11.6. The standard InChI is InChI=1S/C32H54N3O12P/c1-13-16-23(8)30(28(29(38)21(4)5)35(12)22(6)7)47-27(37)19-34(11)31(39)26(33-32(40)46-25(10)45-24(9)36)20-44-48(41,42-17-14-2)43-18-15-3/h13-15,21-23,25-26,28,30H,1-3,16-20H2,4-12H3,(H,33,40)/t23-,25?,26?,28-,30-/m1/s1. The number of ether oxygens (including phenoxy) is 3. The summed E-state index contributed by atoms with van der Waals surface area (Å²) < 4.78 is 44.4. The third-order valence-electron chi connectivity index (χ3n) is 6.83. The molecule has 274 valence electrons. The molecule has 0 spiro atoms. The summed E-state index contributed by atoms with van der Waals surface area (Å²) in [6.07, 6.45) is 1.31. The van der Waals surface area contributed by atoms with Gasteiger partial charge in [0.25, 0.3) is 0 Å². The van der Waals surface area contributed by atoms with E-state index in [1.54, 1.807) is 27.0 Å². The SMILES string of the molecule is C=CCOP(=O)(OCC=C)OCC(NC(=O)OC(C)OC(C)=O)C(=O)N(C)CC(=O)O[C@H]([C@H](C)CC=C)[C@@H](C(=O)C(C)C)N(C)C(C)C. The van der Waals surface area contributed by atoms with Crippen molar-refractivity contribution in [3.05, 3.63) is 38.0 Å². The van der Waals surface area contributed by atoms with E-state index >= 15 is 0 Å². The van der Waals surface area contributed by atoms with Crippen molar-refractivity contribution in [2.75, 3.05) is 40.5 Å². The van der Waals surface area contributed by atoms with Gasteiger partial charge < -0.3 is 24.4 Å². The van der Waals surface area contributed by atoms with Crippen LogP contribution in [0.25, 0.3) is 0 Å². The highest BCUT2D eigenvalue weighted by molar-refractivity contribution is 7.48. The molecule has 15 nitrogen and oxygen atoms in total. The molecule has 2 amide bonds. The molecule has 0 bridgehead atoms. The number of likely N-dealkylation sites (N-methyl/N-ethyl adjacent to an activating group) is 2. The van der Waals surface area contributed by atoms with E-state index in [2.05, 4.69) is 25.1 Å². The van der Waals surface area contributed by atoms with Crippen LogP contribution in [0.5, 0.6) is 0 Å². The van der Waals surface area contributed by atoms with Gasteiger partial charge in [-0.05, 0) is 33.2 Å². The molecule has 1 N–H and O–H groups in total. The minimum Gasteiger partial charge on any atom is -0.459 e. The van der Waals surface area contributed by atoms with Crippen molar-refractivity contribution in [3.63, 3.8) is 0 Å². The third kappa shape index (κ3) is 16.2. The van der Waals surface area contributed by atoms with Crippen LogP contribution in [0.2, 0.25) is 0 Å². The van der Waals surface area contributed by atoms with Gasteiger partial charge in [0.05, 0.1) is 19.8 Å². The molecule has 0 aromatic heterocycles. The van der Waals surface area contributed by atoms with E-state index in [-0.39, 0.29) is 36.9 Å². The van der Waals surface area contributed by atoms with Gasteiger partial charge in [0.15, 0.2) is 5.78 Å². The quantitative estimate of drug-likeness (QED) is 0.0661. The summed E-state index contributed by atoms with van der Waals surface area (Å²) in [6.45, 7) is 20.5. The number of ketones is 1. The number of phosphoric ester groups is 1. The van der Waals surface area contributed by atoms with Crippen LogP contribution >= 0.6 is 7.82 Å². The summed E-state index contributed by atoms with van der Waals surface area (Å²) in [5, 5.41) is 2.25. The first kappa shape index (κ1) is 44.6.